The highest BCUT2D eigenvalue weighted by Gasteiger charge is 2.14. The molecule has 0 saturated heterocycles. The molecule has 0 unspecified atom stereocenters. The Morgan fingerprint density at radius 1 is 1.00 bits per heavy atom. The number of fused-ring (bicyclic) bond motifs is 2. The molecule has 7 nitrogen and oxygen atoms in total. The third-order valence-corrected chi connectivity index (χ3v) is 5.73. The molecule has 1 aliphatic rings. The normalized spacial score (nSPS) is 12.3. The topological polar surface area (TPSA) is 74.5 Å². The molecule has 1 amide bonds. The summed E-state index contributed by atoms with van der Waals surface area (Å²) in [6.07, 6.45) is 3.59. The van der Waals surface area contributed by atoms with Crippen molar-refractivity contribution in [2.24, 2.45) is 0 Å². The van der Waals surface area contributed by atoms with Gasteiger partial charge in [0.05, 0.1) is 0 Å². The number of ether oxygens (including phenoxy) is 2. The number of carbonyl (C=O) groups is 1. The number of carbonyl (C=O) groups excluding carboxylic acids is 1. The highest BCUT2D eigenvalue weighted by molar-refractivity contribution is 5.80. The van der Waals surface area contributed by atoms with Crippen LogP contribution in [0.25, 0.3) is 10.9 Å². The Labute approximate surface area is 184 Å². The summed E-state index contributed by atoms with van der Waals surface area (Å²) in [5.74, 6) is 1.14. The van der Waals surface area contributed by atoms with E-state index in [1.54, 1.807) is 6.20 Å². The van der Waals surface area contributed by atoms with E-state index >= 15 is 0 Å². The quantitative estimate of drug-likeness (QED) is 0.511. The van der Waals surface area contributed by atoms with Crippen LogP contribution in [0.3, 0.4) is 0 Å². The summed E-state index contributed by atoms with van der Waals surface area (Å²) < 4.78 is 14.1. The number of aryl methyl sites for hydroxylation is 1. The Morgan fingerprint density at radius 3 is 2.62 bits per heavy atom. The smallest absolute Gasteiger partial charge is 0.275 e. The summed E-state index contributed by atoms with van der Waals surface area (Å²) in [6, 6.07) is 17.5. The zero-order valence-electron chi connectivity index (χ0n) is 17.7. The highest BCUT2D eigenvalue weighted by atomic mass is 16.7. The lowest BCUT2D eigenvalue weighted by Crippen LogP contribution is -2.32. The second-order valence-corrected chi connectivity index (χ2v) is 7.89. The van der Waals surface area contributed by atoms with Gasteiger partial charge in [-0.25, -0.2) is 0 Å². The van der Waals surface area contributed by atoms with Gasteiger partial charge in [0.25, 0.3) is 5.56 Å². The summed E-state index contributed by atoms with van der Waals surface area (Å²) in [5.41, 5.74) is 3.64. The van der Waals surface area contributed by atoms with Crippen LogP contribution in [0, 0.1) is 6.92 Å². The van der Waals surface area contributed by atoms with Crippen molar-refractivity contribution < 1.29 is 14.3 Å². The van der Waals surface area contributed by atoms with Crippen molar-refractivity contribution in [2.45, 2.75) is 26.6 Å². The van der Waals surface area contributed by atoms with Crippen LogP contribution in [0.4, 0.5) is 0 Å². The van der Waals surface area contributed by atoms with E-state index in [-0.39, 0.29) is 24.8 Å². The molecule has 162 valence electrons. The van der Waals surface area contributed by atoms with Crippen LogP contribution >= 0.6 is 0 Å². The number of pyridine rings is 1. The van der Waals surface area contributed by atoms with Crippen LogP contribution in [-0.4, -0.2) is 21.8 Å². The van der Waals surface area contributed by atoms with Gasteiger partial charge in [0.1, 0.15) is 12.1 Å². The average molecular weight is 429 g/mol. The Bertz CT molecular complexity index is 1370. The molecule has 32 heavy (non-hydrogen) atoms. The minimum absolute atomic E-state index is 0.0468. The van der Waals surface area contributed by atoms with E-state index in [0.29, 0.717) is 30.1 Å². The lowest BCUT2D eigenvalue weighted by molar-refractivity contribution is -0.121. The van der Waals surface area contributed by atoms with E-state index in [1.165, 1.54) is 10.1 Å². The Hall–Kier alpha value is -4.00. The van der Waals surface area contributed by atoms with Crippen LogP contribution in [0.2, 0.25) is 0 Å². The summed E-state index contributed by atoms with van der Waals surface area (Å²) in [6.45, 7) is 3.17. The number of hydrogen-bond donors (Lipinski definition) is 1. The monoisotopic (exact) mass is 429 g/mol. The van der Waals surface area contributed by atoms with Crippen molar-refractivity contribution >= 4 is 16.8 Å². The number of aromatic nitrogens is 2. The fraction of sp³-hybridized carbons (Fsp3) is 0.200. The van der Waals surface area contributed by atoms with Gasteiger partial charge in [-0.1, -0.05) is 30.3 Å². The molecule has 2 aromatic carbocycles. The maximum atomic E-state index is 13.2. The molecule has 0 fully saturated rings. The predicted octanol–water partition coefficient (Wildman–Crippen LogP) is 3.20. The van der Waals surface area contributed by atoms with Crippen molar-refractivity contribution in [3.8, 4) is 11.5 Å². The fourth-order valence-electron chi connectivity index (χ4n) is 3.93. The van der Waals surface area contributed by atoms with E-state index in [4.69, 9.17) is 9.47 Å². The van der Waals surface area contributed by atoms with Gasteiger partial charge in [-0.3, -0.25) is 9.59 Å². The average Bonchev–Trinajstić information content (AvgIpc) is 3.43. The second kappa shape index (κ2) is 8.26. The molecule has 7 heteroatoms. The van der Waals surface area contributed by atoms with Crippen molar-refractivity contribution in [3.63, 3.8) is 0 Å². The SMILES string of the molecule is Cc1ccccc1Cn1ccc2ccn(CC(=O)NCc3ccc4c(c3)OCO4)c(=O)c21. The Morgan fingerprint density at radius 2 is 1.78 bits per heavy atom. The molecule has 0 bridgehead atoms. The molecule has 1 aliphatic heterocycles. The van der Waals surface area contributed by atoms with Gasteiger partial charge in [0, 0.05) is 30.9 Å². The maximum absolute atomic E-state index is 13.2. The Balaban J connectivity index is 1.32. The molecule has 3 heterocycles. The van der Waals surface area contributed by atoms with E-state index in [1.807, 2.05) is 53.2 Å². The molecule has 0 spiro atoms. The minimum atomic E-state index is -0.235. The standard InChI is InChI=1S/C25H23N3O4/c1-17-4-2-3-5-20(17)14-27-10-8-19-9-11-28(25(30)24(19)27)15-23(29)26-13-18-6-7-21-22(12-18)32-16-31-21/h2-12H,13-16H2,1H3,(H,26,29). The van der Waals surface area contributed by atoms with Gasteiger partial charge >= 0.3 is 0 Å². The summed E-state index contributed by atoms with van der Waals surface area (Å²) in [4.78, 5) is 25.7. The second-order valence-electron chi connectivity index (χ2n) is 7.89. The fourth-order valence-corrected chi connectivity index (χ4v) is 3.93. The van der Waals surface area contributed by atoms with E-state index in [0.717, 1.165) is 16.5 Å². The number of amides is 1. The minimum Gasteiger partial charge on any atom is -0.454 e. The third kappa shape index (κ3) is 3.85. The predicted molar refractivity (Wildman–Crippen MR) is 121 cm³/mol. The number of nitrogens with zero attached hydrogens (tertiary/aromatic N) is 2. The molecule has 5 rings (SSSR count). The molecular weight excluding hydrogens is 406 g/mol. The molecule has 0 saturated carbocycles. The van der Waals surface area contributed by atoms with Gasteiger partial charge in [0.15, 0.2) is 11.5 Å². The van der Waals surface area contributed by atoms with E-state index in [9.17, 15) is 9.59 Å². The van der Waals surface area contributed by atoms with Gasteiger partial charge in [-0.2, -0.15) is 0 Å². The van der Waals surface area contributed by atoms with Crippen molar-refractivity contribution in [1.82, 2.24) is 14.5 Å². The lowest BCUT2D eigenvalue weighted by Gasteiger charge is -2.11. The molecule has 0 aliphatic carbocycles. The zero-order valence-corrected chi connectivity index (χ0v) is 17.7. The molecule has 0 atom stereocenters. The first-order valence-corrected chi connectivity index (χ1v) is 10.5. The van der Waals surface area contributed by atoms with Crippen LogP contribution in [0.1, 0.15) is 16.7 Å². The number of hydrogen-bond acceptors (Lipinski definition) is 4. The molecule has 1 N–H and O–H groups in total. The molecule has 2 aromatic heterocycles. The van der Waals surface area contributed by atoms with E-state index < -0.39 is 0 Å². The summed E-state index contributed by atoms with van der Waals surface area (Å²) in [7, 11) is 0. The number of nitrogens with one attached hydrogen (secondary N) is 1. The van der Waals surface area contributed by atoms with Crippen LogP contribution < -0.4 is 20.3 Å². The summed E-state index contributed by atoms with van der Waals surface area (Å²) >= 11 is 0. The summed E-state index contributed by atoms with van der Waals surface area (Å²) in [5, 5.41) is 3.73. The van der Waals surface area contributed by atoms with Crippen LogP contribution in [0.15, 0.2) is 71.8 Å². The van der Waals surface area contributed by atoms with Crippen molar-refractivity contribution in [2.75, 3.05) is 6.79 Å². The van der Waals surface area contributed by atoms with Gasteiger partial charge in [0.2, 0.25) is 12.7 Å². The lowest BCUT2D eigenvalue weighted by atomic mass is 10.1. The van der Waals surface area contributed by atoms with Crippen LogP contribution in [0.5, 0.6) is 11.5 Å². The number of rotatable bonds is 6. The first kappa shape index (κ1) is 19.9. The van der Waals surface area contributed by atoms with Crippen molar-refractivity contribution in [1.29, 1.82) is 0 Å². The molecule has 0 radical (unpaired) electrons. The van der Waals surface area contributed by atoms with Gasteiger partial charge in [-0.05, 0) is 47.9 Å². The van der Waals surface area contributed by atoms with E-state index in [2.05, 4.69) is 24.4 Å². The first-order chi connectivity index (χ1) is 15.6. The maximum Gasteiger partial charge on any atom is 0.275 e. The molecular formula is C25H23N3O4. The first-order valence-electron chi connectivity index (χ1n) is 10.5. The number of benzene rings is 2. The van der Waals surface area contributed by atoms with Gasteiger partial charge in [-0.15, -0.1) is 0 Å². The van der Waals surface area contributed by atoms with Crippen molar-refractivity contribution in [3.05, 3.63) is 94.0 Å². The third-order valence-electron chi connectivity index (χ3n) is 5.73. The zero-order chi connectivity index (χ0) is 22.1. The Kier molecular flexibility index (Phi) is 5.15. The highest BCUT2D eigenvalue weighted by Crippen LogP contribution is 2.32. The largest absolute Gasteiger partial charge is 0.454 e. The van der Waals surface area contributed by atoms with Gasteiger partial charge < -0.3 is 23.9 Å². The van der Waals surface area contributed by atoms with Crippen LogP contribution in [-0.2, 0) is 24.4 Å². The molecule has 4 aromatic rings.